The van der Waals surface area contributed by atoms with Gasteiger partial charge >= 0.3 is 0 Å². The van der Waals surface area contributed by atoms with Gasteiger partial charge in [-0.25, -0.2) is 4.98 Å². The summed E-state index contributed by atoms with van der Waals surface area (Å²) < 4.78 is 0. The fourth-order valence-corrected chi connectivity index (χ4v) is 4.59. The Morgan fingerprint density at radius 3 is 2.67 bits per heavy atom. The summed E-state index contributed by atoms with van der Waals surface area (Å²) in [5.74, 6) is -0.130. The van der Waals surface area contributed by atoms with E-state index < -0.39 is 0 Å². The van der Waals surface area contributed by atoms with Crippen molar-refractivity contribution in [3.8, 4) is 0 Å². The molecule has 0 aliphatic carbocycles. The van der Waals surface area contributed by atoms with Crippen LogP contribution >= 0.6 is 11.8 Å². The molecule has 3 unspecified atom stereocenters. The quantitative estimate of drug-likeness (QED) is 0.741. The first-order valence-corrected chi connectivity index (χ1v) is 9.97. The van der Waals surface area contributed by atoms with E-state index in [1.54, 1.807) is 12.3 Å². The van der Waals surface area contributed by atoms with Gasteiger partial charge < -0.3 is 16.0 Å². The number of nitrogens with one attached hydrogen (secondary N) is 3. The third-order valence-electron chi connectivity index (χ3n) is 5.01. The van der Waals surface area contributed by atoms with E-state index >= 15 is 0 Å². The number of benzene rings is 1. The molecular formula is C20H22N4O2S. The Morgan fingerprint density at radius 1 is 1.19 bits per heavy atom. The van der Waals surface area contributed by atoms with Crippen LogP contribution in [0.15, 0.2) is 52.5 Å². The van der Waals surface area contributed by atoms with Crippen molar-refractivity contribution >= 4 is 29.3 Å². The summed E-state index contributed by atoms with van der Waals surface area (Å²) in [7, 11) is 0. The van der Waals surface area contributed by atoms with E-state index in [0.717, 1.165) is 28.5 Å². The SMILES string of the molecule is CC(=O)Nc1ccnc(Sc2ccc(C(=O)NC3CC4CCC3N4)cc2)c1. The van der Waals surface area contributed by atoms with Crippen molar-refractivity contribution in [2.75, 3.05) is 5.32 Å². The minimum Gasteiger partial charge on any atom is -0.348 e. The molecule has 2 bridgehead atoms. The highest BCUT2D eigenvalue weighted by Crippen LogP contribution is 2.29. The van der Waals surface area contributed by atoms with Crippen molar-refractivity contribution in [1.29, 1.82) is 0 Å². The number of anilines is 1. The molecule has 2 aliphatic rings. The summed E-state index contributed by atoms with van der Waals surface area (Å²) in [5.41, 5.74) is 1.39. The Bertz CT molecular complexity index is 855. The smallest absolute Gasteiger partial charge is 0.251 e. The maximum atomic E-state index is 12.5. The molecule has 6 nitrogen and oxygen atoms in total. The summed E-state index contributed by atoms with van der Waals surface area (Å²) in [4.78, 5) is 29.0. The van der Waals surface area contributed by atoms with Gasteiger partial charge in [0.05, 0.1) is 0 Å². The molecule has 2 fully saturated rings. The van der Waals surface area contributed by atoms with E-state index in [2.05, 4.69) is 20.9 Å². The fourth-order valence-electron chi connectivity index (χ4n) is 3.78. The fraction of sp³-hybridized carbons (Fsp3) is 0.350. The van der Waals surface area contributed by atoms with Gasteiger partial charge in [-0.05, 0) is 55.7 Å². The Labute approximate surface area is 162 Å². The number of carbonyl (C=O) groups is 2. The lowest BCUT2D eigenvalue weighted by Crippen LogP contribution is -2.42. The number of rotatable bonds is 5. The minimum atomic E-state index is -0.113. The lowest BCUT2D eigenvalue weighted by molar-refractivity contribution is -0.114. The van der Waals surface area contributed by atoms with Gasteiger partial charge in [-0.15, -0.1) is 0 Å². The van der Waals surface area contributed by atoms with E-state index in [-0.39, 0.29) is 17.9 Å². The largest absolute Gasteiger partial charge is 0.348 e. The maximum Gasteiger partial charge on any atom is 0.251 e. The molecule has 2 amide bonds. The number of aromatic nitrogens is 1. The molecule has 3 heterocycles. The zero-order chi connectivity index (χ0) is 18.8. The Balaban J connectivity index is 1.37. The summed E-state index contributed by atoms with van der Waals surface area (Å²) in [6, 6.07) is 12.3. The predicted octanol–water partition coefficient (Wildman–Crippen LogP) is 2.81. The number of hydrogen-bond acceptors (Lipinski definition) is 5. The highest BCUT2D eigenvalue weighted by Gasteiger charge is 2.39. The van der Waals surface area contributed by atoms with Gasteiger partial charge in [0.15, 0.2) is 0 Å². The molecule has 3 N–H and O–H groups in total. The number of hydrogen-bond donors (Lipinski definition) is 3. The van der Waals surface area contributed by atoms with Crippen LogP contribution in [0.4, 0.5) is 5.69 Å². The predicted molar refractivity (Wildman–Crippen MR) is 105 cm³/mol. The lowest BCUT2D eigenvalue weighted by atomic mass is 9.95. The second-order valence-corrected chi connectivity index (χ2v) is 8.15. The molecule has 140 valence electrons. The van der Waals surface area contributed by atoms with Crippen LogP contribution in [0.25, 0.3) is 0 Å². The molecule has 2 aromatic rings. The van der Waals surface area contributed by atoms with Gasteiger partial charge in [0.1, 0.15) is 5.03 Å². The van der Waals surface area contributed by atoms with E-state index in [1.807, 2.05) is 30.3 Å². The van der Waals surface area contributed by atoms with Gasteiger partial charge in [-0.2, -0.15) is 0 Å². The second-order valence-electron chi connectivity index (χ2n) is 7.05. The van der Waals surface area contributed by atoms with E-state index in [9.17, 15) is 9.59 Å². The molecule has 0 saturated carbocycles. The van der Waals surface area contributed by atoms with Gasteiger partial charge in [0.2, 0.25) is 5.91 Å². The normalized spacial score (nSPS) is 23.2. The Kier molecular flexibility index (Phi) is 5.13. The molecule has 0 radical (unpaired) electrons. The van der Waals surface area contributed by atoms with Crippen LogP contribution in [0.2, 0.25) is 0 Å². The van der Waals surface area contributed by atoms with Crippen molar-refractivity contribution in [3.63, 3.8) is 0 Å². The van der Waals surface area contributed by atoms with Crippen LogP contribution in [0.3, 0.4) is 0 Å². The zero-order valence-electron chi connectivity index (χ0n) is 15.1. The van der Waals surface area contributed by atoms with Crippen LogP contribution in [0, 0.1) is 0 Å². The molecule has 1 aromatic heterocycles. The topological polar surface area (TPSA) is 83.1 Å². The van der Waals surface area contributed by atoms with Crippen molar-refractivity contribution in [2.24, 2.45) is 0 Å². The number of fused-ring (bicyclic) bond motifs is 2. The molecular weight excluding hydrogens is 360 g/mol. The van der Waals surface area contributed by atoms with Gasteiger partial charge in [0, 0.05) is 47.4 Å². The lowest BCUT2D eigenvalue weighted by Gasteiger charge is -2.21. The molecule has 4 rings (SSSR count). The first-order valence-electron chi connectivity index (χ1n) is 9.15. The highest BCUT2D eigenvalue weighted by atomic mass is 32.2. The van der Waals surface area contributed by atoms with E-state index in [1.165, 1.54) is 25.1 Å². The number of amides is 2. The molecule has 0 spiro atoms. The molecule has 27 heavy (non-hydrogen) atoms. The first kappa shape index (κ1) is 18.0. The molecule has 2 aliphatic heterocycles. The average Bonchev–Trinajstić information content (AvgIpc) is 3.25. The van der Waals surface area contributed by atoms with Gasteiger partial charge in [0.25, 0.3) is 5.91 Å². The van der Waals surface area contributed by atoms with Crippen molar-refractivity contribution in [2.45, 2.75) is 54.2 Å². The molecule has 7 heteroatoms. The van der Waals surface area contributed by atoms with Crippen LogP contribution in [-0.2, 0) is 4.79 Å². The van der Waals surface area contributed by atoms with E-state index in [0.29, 0.717) is 17.6 Å². The first-order chi connectivity index (χ1) is 13.1. The van der Waals surface area contributed by atoms with Crippen LogP contribution in [0.5, 0.6) is 0 Å². The standard InChI is InChI=1S/C20H22N4O2S/c1-12(25)22-15-8-9-21-19(11-15)27-16-5-2-13(3-6-16)20(26)24-18-10-14-4-7-17(18)23-14/h2-3,5-6,8-9,11,14,17-18,23H,4,7,10H2,1H3,(H,24,26)(H,21,22,25). The molecule has 1 aromatic carbocycles. The minimum absolute atomic E-state index is 0.0170. The average molecular weight is 382 g/mol. The summed E-state index contributed by atoms with van der Waals surface area (Å²) in [6.45, 7) is 1.48. The number of carbonyl (C=O) groups excluding carboxylic acids is 2. The maximum absolute atomic E-state index is 12.5. The van der Waals surface area contributed by atoms with Crippen molar-refractivity contribution in [1.82, 2.24) is 15.6 Å². The van der Waals surface area contributed by atoms with Crippen LogP contribution < -0.4 is 16.0 Å². The monoisotopic (exact) mass is 382 g/mol. The number of nitrogens with zero attached hydrogens (tertiary/aromatic N) is 1. The molecule has 2 saturated heterocycles. The third kappa shape index (κ3) is 4.31. The Hall–Kier alpha value is -2.38. The summed E-state index contributed by atoms with van der Waals surface area (Å²) in [6.07, 6.45) is 5.06. The summed E-state index contributed by atoms with van der Waals surface area (Å²) in [5, 5.41) is 10.2. The van der Waals surface area contributed by atoms with Crippen LogP contribution in [-0.4, -0.2) is 34.9 Å². The van der Waals surface area contributed by atoms with E-state index in [4.69, 9.17) is 0 Å². The summed E-state index contributed by atoms with van der Waals surface area (Å²) >= 11 is 1.49. The van der Waals surface area contributed by atoms with Crippen LogP contribution in [0.1, 0.15) is 36.5 Å². The van der Waals surface area contributed by atoms with Gasteiger partial charge in [-0.3, -0.25) is 9.59 Å². The number of pyridine rings is 1. The van der Waals surface area contributed by atoms with Crippen molar-refractivity contribution in [3.05, 3.63) is 48.2 Å². The highest BCUT2D eigenvalue weighted by molar-refractivity contribution is 7.99. The molecule has 3 atom stereocenters. The second kappa shape index (κ2) is 7.70. The zero-order valence-corrected chi connectivity index (χ0v) is 15.9. The Morgan fingerprint density at radius 2 is 2.00 bits per heavy atom. The van der Waals surface area contributed by atoms with Crippen molar-refractivity contribution < 1.29 is 9.59 Å². The third-order valence-corrected chi connectivity index (χ3v) is 5.95. The van der Waals surface area contributed by atoms with Gasteiger partial charge in [-0.1, -0.05) is 11.8 Å².